The lowest BCUT2D eigenvalue weighted by Gasteiger charge is -2.09. The predicted octanol–water partition coefficient (Wildman–Crippen LogP) is 1.60. The molecule has 0 unspecified atom stereocenters. The normalized spacial score (nSPS) is 10.8. The van der Waals surface area contributed by atoms with Crippen molar-refractivity contribution in [3.05, 3.63) is 44.9 Å². The van der Waals surface area contributed by atoms with E-state index >= 15 is 0 Å². The molecular weight excluding hydrogens is 256 g/mol. The molecule has 106 valence electrons. The van der Waals surface area contributed by atoms with Crippen molar-refractivity contribution in [3.8, 4) is 17.1 Å². The van der Waals surface area contributed by atoms with Crippen LogP contribution in [0.1, 0.15) is 22.4 Å². The Bertz CT molecular complexity index is 682. The molecule has 1 aromatic carbocycles. The number of aliphatic hydroxyl groups excluding tert-OH is 1. The van der Waals surface area contributed by atoms with Crippen LogP contribution in [0.25, 0.3) is 11.4 Å². The summed E-state index contributed by atoms with van der Waals surface area (Å²) in [5, 5.41) is 18.7. The highest BCUT2D eigenvalue weighted by molar-refractivity contribution is 5.61. The first kappa shape index (κ1) is 14.3. The fraction of sp³-hybridized carbons (Fsp3) is 0.333. The van der Waals surface area contributed by atoms with Crippen LogP contribution in [0.2, 0.25) is 0 Å². The van der Waals surface area contributed by atoms with E-state index in [9.17, 15) is 9.90 Å². The van der Waals surface area contributed by atoms with E-state index in [-0.39, 0.29) is 17.9 Å². The van der Waals surface area contributed by atoms with Crippen LogP contribution < -0.4 is 5.56 Å². The van der Waals surface area contributed by atoms with Crippen molar-refractivity contribution in [2.75, 3.05) is 6.61 Å². The minimum atomic E-state index is -0.232. The molecule has 3 N–H and O–H groups in total. The van der Waals surface area contributed by atoms with Crippen LogP contribution in [-0.4, -0.2) is 26.8 Å². The fourth-order valence-corrected chi connectivity index (χ4v) is 2.25. The number of rotatable bonds is 3. The maximum absolute atomic E-state index is 12.0. The Morgan fingerprint density at radius 2 is 1.80 bits per heavy atom. The maximum Gasteiger partial charge on any atom is 0.254 e. The lowest BCUT2D eigenvalue weighted by Crippen LogP contribution is -2.18. The number of phenolic OH excluding ortho intramolecular Hbond substituents is 1. The third kappa shape index (κ3) is 2.58. The van der Waals surface area contributed by atoms with Gasteiger partial charge in [0, 0.05) is 29.8 Å². The molecule has 0 spiro atoms. The average molecular weight is 274 g/mol. The first-order valence-electron chi connectivity index (χ1n) is 6.45. The van der Waals surface area contributed by atoms with Crippen molar-refractivity contribution >= 4 is 0 Å². The molecule has 0 saturated heterocycles. The molecule has 0 bridgehead atoms. The van der Waals surface area contributed by atoms with Crippen LogP contribution in [0.4, 0.5) is 0 Å². The molecule has 1 heterocycles. The minimum Gasteiger partial charge on any atom is -0.507 e. The summed E-state index contributed by atoms with van der Waals surface area (Å²) in [4.78, 5) is 19.1. The lowest BCUT2D eigenvalue weighted by atomic mass is 10.0. The van der Waals surface area contributed by atoms with E-state index in [0.717, 1.165) is 16.7 Å². The summed E-state index contributed by atoms with van der Waals surface area (Å²) in [6, 6.07) is 3.57. The lowest BCUT2D eigenvalue weighted by molar-refractivity contribution is 0.298. The van der Waals surface area contributed by atoms with Gasteiger partial charge in [-0.05, 0) is 44.0 Å². The molecule has 0 fully saturated rings. The Morgan fingerprint density at radius 1 is 1.20 bits per heavy atom. The number of phenols is 1. The van der Waals surface area contributed by atoms with Gasteiger partial charge in [0.1, 0.15) is 11.6 Å². The predicted molar refractivity (Wildman–Crippen MR) is 77.0 cm³/mol. The fourth-order valence-electron chi connectivity index (χ4n) is 2.25. The van der Waals surface area contributed by atoms with E-state index < -0.39 is 0 Å². The Hall–Kier alpha value is -2.14. The number of aryl methyl sites for hydroxylation is 3. The molecule has 1 aromatic heterocycles. The third-order valence-electron chi connectivity index (χ3n) is 3.35. The summed E-state index contributed by atoms with van der Waals surface area (Å²) in [7, 11) is 0. The van der Waals surface area contributed by atoms with E-state index in [2.05, 4.69) is 9.97 Å². The number of aromatic amines is 1. The van der Waals surface area contributed by atoms with Gasteiger partial charge in [-0.1, -0.05) is 0 Å². The topological polar surface area (TPSA) is 86.2 Å². The number of H-pyrrole nitrogens is 1. The second-order valence-electron chi connectivity index (χ2n) is 4.91. The van der Waals surface area contributed by atoms with Gasteiger partial charge in [-0.3, -0.25) is 4.79 Å². The molecule has 5 heteroatoms. The van der Waals surface area contributed by atoms with Gasteiger partial charge in [-0.25, -0.2) is 4.98 Å². The first-order chi connectivity index (χ1) is 9.43. The van der Waals surface area contributed by atoms with Gasteiger partial charge in [-0.2, -0.15) is 0 Å². The van der Waals surface area contributed by atoms with Gasteiger partial charge in [-0.15, -0.1) is 0 Å². The molecule has 0 amide bonds. The van der Waals surface area contributed by atoms with Crippen LogP contribution in [0, 0.1) is 20.8 Å². The van der Waals surface area contributed by atoms with Crippen molar-refractivity contribution < 1.29 is 10.2 Å². The highest BCUT2D eigenvalue weighted by atomic mass is 16.3. The second kappa shape index (κ2) is 5.46. The highest BCUT2D eigenvalue weighted by Gasteiger charge is 2.11. The van der Waals surface area contributed by atoms with Gasteiger partial charge < -0.3 is 15.2 Å². The largest absolute Gasteiger partial charge is 0.507 e. The van der Waals surface area contributed by atoms with Crippen molar-refractivity contribution in [2.45, 2.75) is 27.2 Å². The Labute approximate surface area is 117 Å². The smallest absolute Gasteiger partial charge is 0.254 e. The monoisotopic (exact) mass is 274 g/mol. The minimum absolute atomic E-state index is 0.0810. The SMILES string of the molecule is Cc1cc(-c2nc(C)c(CCO)c(=O)[nH]2)cc(C)c1O. The zero-order valence-corrected chi connectivity index (χ0v) is 11.8. The molecule has 0 aliphatic carbocycles. The van der Waals surface area contributed by atoms with E-state index in [0.29, 0.717) is 23.5 Å². The van der Waals surface area contributed by atoms with Gasteiger partial charge in [0.15, 0.2) is 0 Å². The molecule has 0 aliphatic rings. The Balaban J connectivity index is 2.57. The van der Waals surface area contributed by atoms with E-state index in [1.54, 1.807) is 32.9 Å². The third-order valence-corrected chi connectivity index (χ3v) is 3.35. The van der Waals surface area contributed by atoms with Crippen molar-refractivity contribution in [1.82, 2.24) is 9.97 Å². The number of hydrogen-bond donors (Lipinski definition) is 3. The Morgan fingerprint density at radius 3 is 2.30 bits per heavy atom. The molecule has 20 heavy (non-hydrogen) atoms. The summed E-state index contributed by atoms with van der Waals surface area (Å²) < 4.78 is 0. The number of aromatic hydroxyl groups is 1. The Kier molecular flexibility index (Phi) is 3.90. The zero-order chi connectivity index (χ0) is 14.9. The summed E-state index contributed by atoms with van der Waals surface area (Å²) in [6.07, 6.45) is 0.294. The molecule has 5 nitrogen and oxygen atoms in total. The number of hydrogen-bond acceptors (Lipinski definition) is 4. The van der Waals surface area contributed by atoms with Crippen molar-refractivity contribution in [3.63, 3.8) is 0 Å². The number of aromatic nitrogens is 2. The van der Waals surface area contributed by atoms with Crippen LogP contribution >= 0.6 is 0 Å². The molecule has 0 saturated carbocycles. The molecule has 0 aliphatic heterocycles. The first-order valence-corrected chi connectivity index (χ1v) is 6.45. The summed E-state index contributed by atoms with van der Waals surface area (Å²) in [5.41, 5.74) is 3.11. The van der Waals surface area contributed by atoms with Crippen LogP contribution in [0.5, 0.6) is 5.75 Å². The quantitative estimate of drug-likeness (QED) is 0.793. The number of benzene rings is 1. The standard InChI is InChI=1S/C15H18N2O3/c1-8-6-11(7-9(2)13(8)19)14-16-10(3)12(4-5-18)15(20)17-14/h6-7,18-19H,4-5H2,1-3H3,(H,16,17,20). The van der Waals surface area contributed by atoms with Gasteiger partial charge in [0.25, 0.3) is 5.56 Å². The van der Waals surface area contributed by atoms with Crippen molar-refractivity contribution in [1.29, 1.82) is 0 Å². The summed E-state index contributed by atoms with van der Waals surface area (Å²) in [5.74, 6) is 0.727. The van der Waals surface area contributed by atoms with Crippen LogP contribution in [0.15, 0.2) is 16.9 Å². The number of nitrogens with zero attached hydrogens (tertiary/aromatic N) is 1. The molecule has 0 radical (unpaired) electrons. The second-order valence-corrected chi connectivity index (χ2v) is 4.91. The van der Waals surface area contributed by atoms with Crippen LogP contribution in [0.3, 0.4) is 0 Å². The molecular formula is C15H18N2O3. The van der Waals surface area contributed by atoms with Gasteiger partial charge in [0.2, 0.25) is 0 Å². The molecule has 2 aromatic rings. The average Bonchev–Trinajstić information content (AvgIpc) is 2.39. The van der Waals surface area contributed by atoms with Crippen LogP contribution in [-0.2, 0) is 6.42 Å². The number of nitrogens with one attached hydrogen (secondary N) is 1. The van der Waals surface area contributed by atoms with E-state index in [1.807, 2.05) is 0 Å². The summed E-state index contributed by atoms with van der Waals surface area (Å²) in [6.45, 7) is 5.28. The summed E-state index contributed by atoms with van der Waals surface area (Å²) >= 11 is 0. The van der Waals surface area contributed by atoms with Gasteiger partial charge >= 0.3 is 0 Å². The molecule has 2 rings (SSSR count). The maximum atomic E-state index is 12.0. The highest BCUT2D eigenvalue weighted by Crippen LogP contribution is 2.27. The molecule has 0 atom stereocenters. The number of aliphatic hydroxyl groups is 1. The zero-order valence-electron chi connectivity index (χ0n) is 11.8. The van der Waals surface area contributed by atoms with E-state index in [4.69, 9.17) is 5.11 Å². The van der Waals surface area contributed by atoms with E-state index in [1.165, 1.54) is 0 Å². The van der Waals surface area contributed by atoms with Crippen molar-refractivity contribution in [2.24, 2.45) is 0 Å². The van der Waals surface area contributed by atoms with Gasteiger partial charge in [0.05, 0.1) is 0 Å².